The maximum absolute atomic E-state index is 12.6. The minimum absolute atomic E-state index is 0.0892. The Bertz CT molecular complexity index is 832. The molecule has 0 aliphatic heterocycles. The third-order valence-electron chi connectivity index (χ3n) is 3.01. The van der Waals surface area contributed by atoms with E-state index in [-0.39, 0.29) is 5.91 Å². The van der Waals surface area contributed by atoms with Crippen molar-refractivity contribution in [3.05, 3.63) is 65.4 Å². The van der Waals surface area contributed by atoms with Gasteiger partial charge in [0.05, 0.1) is 11.0 Å². The van der Waals surface area contributed by atoms with Gasteiger partial charge < -0.3 is 0 Å². The van der Waals surface area contributed by atoms with E-state index in [2.05, 4.69) is 11.6 Å². The number of aromatic nitrogens is 2. The van der Waals surface area contributed by atoms with Crippen LogP contribution in [-0.2, 0) is 0 Å². The summed E-state index contributed by atoms with van der Waals surface area (Å²) in [6.45, 7) is 3.72. The van der Waals surface area contributed by atoms with Gasteiger partial charge in [-0.05, 0) is 29.7 Å². The Balaban J connectivity index is 1.99. The Morgan fingerprint density at radius 2 is 2.18 bits per heavy atom. The molecule has 1 aromatic carbocycles. The van der Waals surface area contributed by atoms with Gasteiger partial charge in [0.2, 0.25) is 0 Å². The van der Waals surface area contributed by atoms with Crippen molar-refractivity contribution >= 4 is 46.1 Å². The summed E-state index contributed by atoms with van der Waals surface area (Å²) in [6.07, 6.45) is 5.24. The van der Waals surface area contributed by atoms with Crippen molar-refractivity contribution in [2.45, 2.75) is 5.16 Å². The highest BCUT2D eigenvalue weighted by molar-refractivity contribution is 7.99. The quantitative estimate of drug-likeness (QED) is 0.386. The zero-order valence-electron chi connectivity index (χ0n) is 11.8. The highest BCUT2D eigenvalue weighted by Crippen LogP contribution is 2.24. The van der Waals surface area contributed by atoms with Gasteiger partial charge in [-0.25, -0.2) is 4.98 Å². The molecule has 0 N–H and O–H groups in total. The Labute approximate surface area is 137 Å². The predicted molar refractivity (Wildman–Crippen MR) is 94.6 cm³/mol. The van der Waals surface area contributed by atoms with Crippen LogP contribution in [-0.4, -0.2) is 21.2 Å². The van der Waals surface area contributed by atoms with E-state index in [4.69, 9.17) is 0 Å². The van der Waals surface area contributed by atoms with Crippen molar-refractivity contribution in [1.29, 1.82) is 0 Å². The molecule has 3 aromatic rings. The molecule has 3 rings (SSSR count). The molecule has 0 radical (unpaired) electrons. The van der Waals surface area contributed by atoms with E-state index in [0.717, 1.165) is 15.9 Å². The Kier molecular flexibility index (Phi) is 4.56. The van der Waals surface area contributed by atoms with Crippen LogP contribution in [0.2, 0.25) is 0 Å². The molecule has 0 aliphatic rings. The van der Waals surface area contributed by atoms with Gasteiger partial charge in [0, 0.05) is 16.7 Å². The third kappa shape index (κ3) is 3.05. The van der Waals surface area contributed by atoms with Gasteiger partial charge >= 0.3 is 0 Å². The Hall–Kier alpha value is -2.11. The average molecular weight is 326 g/mol. The maximum Gasteiger partial charge on any atom is 0.257 e. The Morgan fingerprint density at radius 1 is 1.32 bits per heavy atom. The molecule has 0 aliphatic carbocycles. The molecule has 0 unspecified atom stereocenters. The minimum atomic E-state index is -0.0892. The fourth-order valence-electron chi connectivity index (χ4n) is 2.06. The second-order valence-electron chi connectivity index (χ2n) is 4.51. The van der Waals surface area contributed by atoms with Gasteiger partial charge in [0.1, 0.15) is 0 Å². The van der Waals surface area contributed by atoms with Gasteiger partial charge in [-0.2, -0.15) is 0 Å². The SMILES string of the molecule is C=CCSc1nc2ccccc2n1C(=O)/C=C/c1cccs1. The number of para-hydroxylation sites is 2. The normalized spacial score (nSPS) is 11.3. The van der Waals surface area contributed by atoms with Crippen LogP contribution in [0.3, 0.4) is 0 Å². The number of nitrogens with zero attached hydrogens (tertiary/aromatic N) is 2. The number of carbonyl (C=O) groups excluding carboxylic acids is 1. The van der Waals surface area contributed by atoms with E-state index in [0.29, 0.717) is 10.9 Å². The molecule has 0 fully saturated rings. The van der Waals surface area contributed by atoms with Gasteiger partial charge in [0.15, 0.2) is 5.16 Å². The summed E-state index contributed by atoms with van der Waals surface area (Å²) in [7, 11) is 0. The number of thiophene rings is 1. The first-order valence-corrected chi connectivity index (χ1v) is 8.63. The number of imidazole rings is 1. The van der Waals surface area contributed by atoms with Crippen LogP contribution < -0.4 is 0 Å². The van der Waals surface area contributed by atoms with Crippen LogP contribution >= 0.6 is 23.1 Å². The first-order chi connectivity index (χ1) is 10.8. The predicted octanol–water partition coefficient (Wildman–Crippen LogP) is 4.73. The number of rotatable bonds is 5. The van der Waals surface area contributed by atoms with E-state index >= 15 is 0 Å². The van der Waals surface area contributed by atoms with Crippen LogP contribution in [0.15, 0.2) is 65.7 Å². The molecule has 0 spiro atoms. The zero-order chi connectivity index (χ0) is 15.4. The highest BCUT2D eigenvalue weighted by Gasteiger charge is 2.14. The maximum atomic E-state index is 12.6. The monoisotopic (exact) mass is 326 g/mol. The van der Waals surface area contributed by atoms with Crippen LogP contribution in [0.1, 0.15) is 9.67 Å². The lowest BCUT2D eigenvalue weighted by atomic mass is 10.3. The summed E-state index contributed by atoms with van der Waals surface area (Å²) >= 11 is 3.11. The summed E-state index contributed by atoms with van der Waals surface area (Å²) in [5.74, 6) is 0.624. The van der Waals surface area contributed by atoms with Gasteiger partial charge in [-0.3, -0.25) is 9.36 Å². The van der Waals surface area contributed by atoms with Crippen molar-refractivity contribution in [2.75, 3.05) is 5.75 Å². The molecule has 2 heterocycles. The average Bonchev–Trinajstić information content (AvgIpc) is 3.17. The largest absolute Gasteiger partial charge is 0.269 e. The number of carbonyl (C=O) groups is 1. The summed E-state index contributed by atoms with van der Waals surface area (Å²) in [5.41, 5.74) is 1.65. The van der Waals surface area contributed by atoms with E-state index in [1.54, 1.807) is 28.1 Å². The van der Waals surface area contributed by atoms with Gasteiger partial charge in [-0.1, -0.05) is 36.0 Å². The first kappa shape index (κ1) is 14.8. The van der Waals surface area contributed by atoms with Gasteiger partial charge in [-0.15, -0.1) is 17.9 Å². The fourth-order valence-corrected chi connectivity index (χ4v) is 3.43. The third-order valence-corrected chi connectivity index (χ3v) is 4.79. The molecule has 0 amide bonds. The topological polar surface area (TPSA) is 34.9 Å². The van der Waals surface area contributed by atoms with Crippen molar-refractivity contribution in [3.63, 3.8) is 0 Å². The van der Waals surface area contributed by atoms with Crippen LogP contribution in [0, 0.1) is 0 Å². The van der Waals surface area contributed by atoms with E-state index < -0.39 is 0 Å². The standard InChI is InChI=1S/C17H14N2OS2/c1-2-11-22-17-18-14-7-3-4-8-15(14)19(17)16(20)10-9-13-6-5-12-21-13/h2-10,12H,1,11H2/b10-9+. The molecule has 3 nitrogen and oxygen atoms in total. The van der Waals surface area contributed by atoms with Crippen molar-refractivity contribution in [1.82, 2.24) is 9.55 Å². The van der Waals surface area contributed by atoms with E-state index in [9.17, 15) is 4.79 Å². The molecule has 0 atom stereocenters. The molecule has 110 valence electrons. The zero-order valence-corrected chi connectivity index (χ0v) is 13.4. The molecule has 22 heavy (non-hydrogen) atoms. The summed E-state index contributed by atoms with van der Waals surface area (Å²) in [5, 5.41) is 2.68. The first-order valence-electron chi connectivity index (χ1n) is 6.76. The summed E-state index contributed by atoms with van der Waals surface area (Å²) < 4.78 is 1.66. The second-order valence-corrected chi connectivity index (χ2v) is 6.47. The second kappa shape index (κ2) is 6.77. The van der Waals surface area contributed by atoms with E-state index in [1.807, 2.05) is 47.9 Å². The van der Waals surface area contributed by atoms with Crippen LogP contribution in [0.4, 0.5) is 0 Å². The van der Waals surface area contributed by atoms with E-state index in [1.165, 1.54) is 11.8 Å². The molecule has 0 saturated carbocycles. The lowest BCUT2D eigenvalue weighted by molar-refractivity contribution is 0.0965. The number of hydrogen-bond acceptors (Lipinski definition) is 4. The number of allylic oxidation sites excluding steroid dienone is 1. The lowest BCUT2D eigenvalue weighted by Crippen LogP contribution is -2.08. The van der Waals surface area contributed by atoms with Crippen LogP contribution in [0.5, 0.6) is 0 Å². The van der Waals surface area contributed by atoms with Crippen LogP contribution in [0.25, 0.3) is 17.1 Å². The van der Waals surface area contributed by atoms with Crippen molar-refractivity contribution in [2.24, 2.45) is 0 Å². The fraction of sp³-hybridized carbons (Fsp3) is 0.0588. The highest BCUT2D eigenvalue weighted by atomic mass is 32.2. The Morgan fingerprint density at radius 3 is 2.95 bits per heavy atom. The molecule has 2 aromatic heterocycles. The minimum Gasteiger partial charge on any atom is -0.269 e. The molecule has 0 bridgehead atoms. The molecular weight excluding hydrogens is 312 g/mol. The molecule has 0 saturated heterocycles. The number of fused-ring (bicyclic) bond motifs is 1. The van der Waals surface area contributed by atoms with Crippen molar-refractivity contribution in [3.8, 4) is 0 Å². The molecule has 5 heteroatoms. The summed E-state index contributed by atoms with van der Waals surface area (Å²) in [4.78, 5) is 18.2. The van der Waals surface area contributed by atoms with Gasteiger partial charge in [0.25, 0.3) is 5.91 Å². The number of thioether (sulfide) groups is 1. The summed E-state index contributed by atoms with van der Waals surface area (Å²) in [6, 6.07) is 11.6. The molecular formula is C17H14N2OS2. The number of benzene rings is 1. The lowest BCUT2D eigenvalue weighted by Gasteiger charge is -2.03. The van der Waals surface area contributed by atoms with Crippen molar-refractivity contribution < 1.29 is 4.79 Å². The smallest absolute Gasteiger partial charge is 0.257 e. The number of hydrogen-bond donors (Lipinski definition) is 0.